The second-order valence-electron chi connectivity index (χ2n) is 8.12. The lowest BCUT2D eigenvalue weighted by atomic mass is 9.86. The highest BCUT2D eigenvalue weighted by Crippen LogP contribution is 2.49. The third kappa shape index (κ3) is 3.80. The van der Waals surface area contributed by atoms with Gasteiger partial charge in [0.25, 0.3) is 0 Å². The number of nitrogens with zero attached hydrogens (tertiary/aromatic N) is 1. The van der Waals surface area contributed by atoms with Gasteiger partial charge in [0, 0.05) is 25.6 Å². The molecule has 1 heterocycles. The van der Waals surface area contributed by atoms with Crippen molar-refractivity contribution >= 4 is 5.91 Å². The fourth-order valence-corrected chi connectivity index (χ4v) is 4.88. The molecule has 0 radical (unpaired) electrons. The summed E-state index contributed by atoms with van der Waals surface area (Å²) in [5.74, 6) is 3.50. The summed E-state index contributed by atoms with van der Waals surface area (Å²) >= 11 is 0. The van der Waals surface area contributed by atoms with Gasteiger partial charge in [0.15, 0.2) is 0 Å². The zero-order valence-electron chi connectivity index (χ0n) is 13.8. The Kier molecular flexibility index (Phi) is 4.88. The Balaban J connectivity index is 1.54. The van der Waals surface area contributed by atoms with Crippen LogP contribution in [0.1, 0.15) is 58.8 Å². The van der Waals surface area contributed by atoms with E-state index in [1.165, 1.54) is 38.5 Å². The van der Waals surface area contributed by atoms with E-state index in [0.29, 0.717) is 23.8 Å². The van der Waals surface area contributed by atoms with Gasteiger partial charge >= 0.3 is 0 Å². The van der Waals surface area contributed by atoms with E-state index in [9.17, 15) is 4.79 Å². The predicted octanol–water partition coefficient (Wildman–Crippen LogP) is 3.05. The van der Waals surface area contributed by atoms with Crippen LogP contribution in [-0.4, -0.2) is 36.5 Å². The van der Waals surface area contributed by atoms with E-state index in [4.69, 9.17) is 0 Å². The van der Waals surface area contributed by atoms with E-state index < -0.39 is 0 Å². The molecule has 3 aliphatic rings. The van der Waals surface area contributed by atoms with Crippen LogP contribution in [0.2, 0.25) is 0 Å². The zero-order valence-corrected chi connectivity index (χ0v) is 13.8. The van der Waals surface area contributed by atoms with Gasteiger partial charge in [-0.25, -0.2) is 0 Å². The number of carbonyl (C=O) groups excluding carboxylic acids is 1. The average Bonchev–Trinajstić information content (AvgIpc) is 3.14. The van der Waals surface area contributed by atoms with Crippen LogP contribution < -0.4 is 5.32 Å². The van der Waals surface area contributed by atoms with Crippen molar-refractivity contribution in [1.29, 1.82) is 0 Å². The predicted molar refractivity (Wildman–Crippen MR) is 86.0 cm³/mol. The first-order chi connectivity index (χ1) is 10.1. The lowest BCUT2D eigenvalue weighted by molar-refractivity contribution is -0.133. The van der Waals surface area contributed by atoms with Crippen LogP contribution in [0.4, 0.5) is 0 Å². The van der Waals surface area contributed by atoms with Gasteiger partial charge in [-0.3, -0.25) is 4.79 Å². The largest absolute Gasteiger partial charge is 0.341 e. The van der Waals surface area contributed by atoms with Crippen LogP contribution in [0.3, 0.4) is 0 Å². The van der Waals surface area contributed by atoms with Crippen molar-refractivity contribution in [3.05, 3.63) is 0 Å². The number of amides is 1. The van der Waals surface area contributed by atoms with Crippen LogP contribution in [0.25, 0.3) is 0 Å². The van der Waals surface area contributed by atoms with E-state index in [1.807, 2.05) is 0 Å². The number of hydrogen-bond acceptors (Lipinski definition) is 2. The Morgan fingerprint density at radius 3 is 2.67 bits per heavy atom. The maximum Gasteiger partial charge on any atom is 0.222 e. The van der Waals surface area contributed by atoms with E-state index in [2.05, 4.69) is 24.1 Å². The lowest BCUT2D eigenvalue weighted by Gasteiger charge is -2.30. The van der Waals surface area contributed by atoms with Crippen LogP contribution >= 0.6 is 0 Å². The first-order valence-electron chi connectivity index (χ1n) is 9.13. The van der Waals surface area contributed by atoms with Gasteiger partial charge in [0.2, 0.25) is 5.91 Å². The maximum absolute atomic E-state index is 12.8. The van der Waals surface area contributed by atoms with Crippen LogP contribution in [0, 0.1) is 23.7 Å². The molecule has 3 fully saturated rings. The minimum absolute atomic E-state index is 0.426. The molecule has 0 spiro atoms. The standard InChI is InChI=1S/C18H32N2O/c1-13(2)11-20(12-17-4-3-7-19-17)18(21)10-16-9-14-5-6-15(16)8-14/h13-17,19H,3-12H2,1-2H3. The van der Waals surface area contributed by atoms with Gasteiger partial charge in [-0.2, -0.15) is 0 Å². The molecule has 120 valence electrons. The Morgan fingerprint density at radius 2 is 2.10 bits per heavy atom. The van der Waals surface area contributed by atoms with Crippen molar-refractivity contribution in [2.45, 2.75) is 64.8 Å². The van der Waals surface area contributed by atoms with E-state index in [0.717, 1.165) is 37.9 Å². The summed E-state index contributed by atoms with van der Waals surface area (Å²) in [7, 11) is 0. The average molecular weight is 292 g/mol. The summed E-state index contributed by atoms with van der Waals surface area (Å²) in [6.45, 7) is 7.43. The highest BCUT2D eigenvalue weighted by molar-refractivity contribution is 5.76. The Labute approximate surface area is 129 Å². The third-order valence-electron chi connectivity index (χ3n) is 5.86. The third-order valence-corrected chi connectivity index (χ3v) is 5.86. The number of rotatable bonds is 6. The quantitative estimate of drug-likeness (QED) is 0.816. The molecule has 21 heavy (non-hydrogen) atoms. The highest BCUT2D eigenvalue weighted by atomic mass is 16.2. The summed E-state index contributed by atoms with van der Waals surface area (Å²) < 4.78 is 0. The summed E-state index contributed by atoms with van der Waals surface area (Å²) in [6.07, 6.45) is 8.87. The summed E-state index contributed by atoms with van der Waals surface area (Å²) in [4.78, 5) is 15.0. The van der Waals surface area contributed by atoms with Gasteiger partial charge in [-0.05, 0) is 62.3 Å². The number of carbonyl (C=O) groups is 1. The van der Waals surface area contributed by atoms with E-state index in [1.54, 1.807) is 0 Å². The SMILES string of the molecule is CC(C)CN(CC1CCCN1)C(=O)CC1CC2CCC1C2. The van der Waals surface area contributed by atoms with Crippen molar-refractivity contribution < 1.29 is 4.79 Å². The van der Waals surface area contributed by atoms with Crippen molar-refractivity contribution in [2.75, 3.05) is 19.6 Å². The number of hydrogen-bond donors (Lipinski definition) is 1. The monoisotopic (exact) mass is 292 g/mol. The Bertz CT molecular complexity index is 362. The van der Waals surface area contributed by atoms with Crippen molar-refractivity contribution in [3.63, 3.8) is 0 Å². The Morgan fingerprint density at radius 1 is 1.24 bits per heavy atom. The molecule has 1 N–H and O–H groups in total. The fraction of sp³-hybridized carbons (Fsp3) is 0.944. The molecule has 1 amide bonds. The summed E-state index contributed by atoms with van der Waals surface area (Å²) in [5, 5.41) is 3.54. The molecule has 4 unspecified atom stereocenters. The van der Waals surface area contributed by atoms with Gasteiger partial charge in [0.05, 0.1) is 0 Å². The Hall–Kier alpha value is -0.570. The molecule has 0 aromatic carbocycles. The minimum atomic E-state index is 0.426. The second-order valence-corrected chi connectivity index (χ2v) is 8.12. The zero-order chi connectivity index (χ0) is 14.8. The first-order valence-corrected chi connectivity index (χ1v) is 9.13. The molecule has 1 aliphatic heterocycles. The molecule has 2 bridgehead atoms. The normalized spacial score (nSPS) is 34.8. The van der Waals surface area contributed by atoms with Crippen molar-refractivity contribution in [2.24, 2.45) is 23.7 Å². The van der Waals surface area contributed by atoms with Gasteiger partial charge in [0.1, 0.15) is 0 Å². The second kappa shape index (κ2) is 6.68. The molecule has 3 rings (SSSR count). The van der Waals surface area contributed by atoms with Crippen LogP contribution in [0.15, 0.2) is 0 Å². The molecule has 4 atom stereocenters. The van der Waals surface area contributed by atoms with Crippen molar-refractivity contribution in [3.8, 4) is 0 Å². The number of nitrogens with one attached hydrogen (secondary N) is 1. The van der Waals surface area contributed by atoms with Crippen LogP contribution in [-0.2, 0) is 4.79 Å². The number of fused-ring (bicyclic) bond motifs is 2. The fourth-order valence-electron chi connectivity index (χ4n) is 4.88. The van der Waals surface area contributed by atoms with E-state index >= 15 is 0 Å². The molecule has 0 aromatic rings. The molecular weight excluding hydrogens is 260 g/mol. The molecule has 3 heteroatoms. The molecular formula is C18H32N2O. The van der Waals surface area contributed by atoms with E-state index in [-0.39, 0.29) is 0 Å². The maximum atomic E-state index is 12.8. The lowest BCUT2D eigenvalue weighted by Crippen LogP contribution is -2.43. The molecule has 0 aromatic heterocycles. The topological polar surface area (TPSA) is 32.3 Å². The van der Waals surface area contributed by atoms with Crippen molar-refractivity contribution in [1.82, 2.24) is 10.2 Å². The highest BCUT2D eigenvalue weighted by Gasteiger charge is 2.40. The molecule has 3 nitrogen and oxygen atoms in total. The van der Waals surface area contributed by atoms with Gasteiger partial charge < -0.3 is 10.2 Å². The summed E-state index contributed by atoms with van der Waals surface area (Å²) in [5.41, 5.74) is 0. The van der Waals surface area contributed by atoms with Gasteiger partial charge in [-0.1, -0.05) is 20.3 Å². The molecule has 1 saturated heterocycles. The smallest absolute Gasteiger partial charge is 0.222 e. The van der Waals surface area contributed by atoms with Gasteiger partial charge in [-0.15, -0.1) is 0 Å². The molecule has 2 saturated carbocycles. The molecule has 2 aliphatic carbocycles. The summed E-state index contributed by atoms with van der Waals surface area (Å²) in [6, 6.07) is 0.535. The minimum Gasteiger partial charge on any atom is -0.341 e. The van der Waals surface area contributed by atoms with Crippen LogP contribution in [0.5, 0.6) is 0 Å². The first kappa shape index (κ1) is 15.3.